The molecular formula is C24H26ClN5O3. The van der Waals surface area contributed by atoms with Crippen molar-refractivity contribution >= 4 is 29.2 Å². The fourth-order valence-electron chi connectivity index (χ4n) is 3.71. The van der Waals surface area contributed by atoms with Crippen LogP contribution in [0.5, 0.6) is 5.75 Å². The van der Waals surface area contributed by atoms with Crippen LogP contribution < -0.4 is 15.8 Å². The fraction of sp³-hybridized carbons (Fsp3) is 0.292. The average Bonchev–Trinajstić information content (AvgIpc) is 3.48. The Hall–Kier alpha value is -3.52. The zero-order valence-electron chi connectivity index (χ0n) is 18.2. The Bertz CT molecular complexity index is 1120. The summed E-state index contributed by atoms with van der Waals surface area (Å²) in [5.74, 6) is 0.661. The predicted octanol–water partition coefficient (Wildman–Crippen LogP) is 3.21. The lowest BCUT2D eigenvalue weighted by molar-refractivity contribution is 0.0792. The number of rotatable bonds is 8. The second kappa shape index (κ2) is 10.4. The van der Waals surface area contributed by atoms with Gasteiger partial charge in [0.15, 0.2) is 0 Å². The van der Waals surface area contributed by atoms with Crippen molar-refractivity contribution in [3.8, 4) is 5.75 Å². The van der Waals surface area contributed by atoms with E-state index >= 15 is 0 Å². The number of benzene rings is 2. The van der Waals surface area contributed by atoms with Crippen LogP contribution in [0.4, 0.5) is 5.82 Å². The highest BCUT2D eigenvalue weighted by atomic mass is 35.5. The minimum atomic E-state index is -0.319. The van der Waals surface area contributed by atoms with Crippen LogP contribution in [0.15, 0.2) is 54.7 Å². The Morgan fingerprint density at radius 3 is 2.61 bits per heavy atom. The molecule has 2 amide bonds. The number of nitrogens with zero attached hydrogens (tertiary/aromatic N) is 3. The quantitative estimate of drug-likeness (QED) is 0.495. The molecule has 2 aromatic carbocycles. The fourth-order valence-corrected chi connectivity index (χ4v) is 3.89. The maximum atomic E-state index is 12.5. The molecule has 4 rings (SSSR count). The minimum absolute atomic E-state index is 0.0657. The van der Waals surface area contributed by atoms with E-state index in [1.807, 2.05) is 29.2 Å². The summed E-state index contributed by atoms with van der Waals surface area (Å²) in [6.45, 7) is 2.64. The number of ether oxygens (including phenoxy) is 1. The molecule has 9 heteroatoms. The van der Waals surface area contributed by atoms with Crippen molar-refractivity contribution in [2.45, 2.75) is 19.4 Å². The van der Waals surface area contributed by atoms with Crippen LogP contribution in [0.3, 0.4) is 0 Å². The normalized spacial score (nSPS) is 13.2. The van der Waals surface area contributed by atoms with Crippen LogP contribution in [-0.4, -0.2) is 52.7 Å². The van der Waals surface area contributed by atoms with Crippen LogP contribution in [-0.2, 0) is 6.54 Å². The summed E-state index contributed by atoms with van der Waals surface area (Å²) in [5, 5.41) is 7.61. The zero-order chi connectivity index (χ0) is 23.2. The highest BCUT2D eigenvalue weighted by Crippen LogP contribution is 2.18. The van der Waals surface area contributed by atoms with Crippen molar-refractivity contribution in [3.05, 3.63) is 76.4 Å². The van der Waals surface area contributed by atoms with Gasteiger partial charge in [-0.15, -0.1) is 0 Å². The van der Waals surface area contributed by atoms with Crippen LogP contribution in [0.25, 0.3) is 0 Å². The molecule has 0 atom stereocenters. The van der Waals surface area contributed by atoms with E-state index in [4.69, 9.17) is 22.1 Å². The van der Waals surface area contributed by atoms with Gasteiger partial charge in [-0.3, -0.25) is 9.59 Å². The van der Waals surface area contributed by atoms with Gasteiger partial charge in [0.1, 0.15) is 23.7 Å². The maximum absolute atomic E-state index is 12.5. The molecule has 0 saturated carbocycles. The monoisotopic (exact) mass is 467 g/mol. The molecule has 2 heterocycles. The number of hydrogen-bond donors (Lipinski definition) is 2. The molecule has 1 aromatic heterocycles. The number of amides is 2. The van der Waals surface area contributed by atoms with Gasteiger partial charge in [-0.05, 0) is 48.7 Å². The Balaban J connectivity index is 1.29. The number of nitrogen functional groups attached to an aromatic ring is 1. The van der Waals surface area contributed by atoms with Crippen LogP contribution in [0, 0.1) is 0 Å². The Labute approximate surface area is 197 Å². The third-order valence-electron chi connectivity index (χ3n) is 5.50. The summed E-state index contributed by atoms with van der Waals surface area (Å²) < 4.78 is 7.13. The van der Waals surface area contributed by atoms with Gasteiger partial charge in [0, 0.05) is 23.7 Å². The lowest BCUT2D eigenvalue weighted by atomic mass is 10.1. The first-order chi connectivity index (χ1) is 16.0. The van der Waals surface area contributed by atoms with E-state index in [-0.39, 0.29) is 17.6 Å². The molecule has 3 aromatic rings. The number of nitrogens with one attached hydrogen (secondary N) is 1. The van der Waals surface area contributed by atoms with E-state index in [2.05, 4.69) is 10.4 Å². The molecule has 1 aliphatic heterocycles. The number of carbonyl (C=O) groups is 2. The minimum Gasteiger partial charge on any atom is -0.492 e. The van der Waals surface area contributed by atoms with Crippen LogP contribution in [0.1, 0.15) is 39.1 Å². The van der Waals surface area contributed by atoms with Crippen molar-refractivity contribution in [1.82, 2.24) is 20.0 Å². The van der Waals surface area contributed by atoms with Crippen LogP contribution >= 0.6 is 11.6 Å². The molecule has 172 valence electrons. The molecule has 8 nitrogen and oxygen atoms in total. The standard InChI is InChI=1S/C24H26ClN5O3/c25-19-4-3-5-20(14-19)33-13-10-27-23(31)21-15-28-30(22(21)26)16-17-6-8-18(9-7-17)24(32)29-11-1-2-12-29/h3-9,14-15H,1-2,10-13,16,26H2,(H,27,31). The Morgan fingerprint density at radius 1 is 1.12 bits per heavy atom. The van der Waals surface area contributed by atoms with Gasteiger partial charge in [-0.25, -0.2) is 4.68 Å². The van der Waals surface area contributed by atoms with E-state index in [0.29, 0.717) is 41.6 Å². The highest BCUT2D eigenvalue weighted by molar-refractivity contribution is 6.30. The number of anilines is 1. The van der Waals surface area contributed by atoms with E-state index in [9.17, 15) is 9.59 Å². The van der Waals surface area contributed by atoms with Gasteiger partial charge >= 0.3 is 0 Å². The summed E-state index contributed by atoms with van der Waals surface area (Å²) in [6, 6.07) is 14.5. The van der Waals surface area contributed by atoms with E-state index in [1.165, 1.54) is 6.20 Å². The topological polar surface area (TPSA) is 102 Å². The van der Waals surface area contributed by atoms with Crippen molar-refractivity contribution in [3.63, 3.8) is 0 Å². The zero-order valence-corrected chi connectivity index (χ0v) is 18.9. The van der Waals surface area contributed by atoms with Gasteiger partial charge in [0.25, 0.3) is 11.8 Å². The average molecular weight is 468 g/mol. The van der Waals surface area contributed by atoms with Gasteiger partial charge in [-0.2, -0.15) is 5.10 Å². The number of halogens is 1. The molecule has 1 fully saturated rings. The number of carbonyl (C=O) groups excluding carboxylic acids is 2. The number of likely N-dealkylation sites (tertiary alicyclic amines) is 1. The third-order valence-corrected chi connectivity index (χ3v) is 5.74. The molecule has 3 N–H and O–H groups in total. The third kappa shape index (κ3) is 5.64. The smallest absolute Gasteiger partial charge is 0.256 e. The molecule has 0 aliphatic carbocycles. The van der Waals surface area contributed by atoms with E-state index in [0.717, 1.165) is 31.5 Å². The second-order valence-electron chi connectivity index (χ2n) is 7.86. The van der Waals surface area contributed by atoms with Crippen molar-refractivity contribution in [2.75, 3.05) is 32.0 Å². The molecule has 0 spiro atoms. The Kier molecular flexibility index (Phi) is 7.14. The lowest BCUT2D eigenvalue weighted by Gasteiger charge is -2.15. The summed E-state index contributed by atoms with van der Waals surface area (Å²) in [6.07, 6.45) is 3.58. The molecule has 33 heavy (non-hydrogen) atoms. The van der Waals surface area contributed by atoms with Gasteiger partial charge in [0.05, 0.1) is 19.3 Å². The maximum Gasteiger partial charge on any atom is 0.256 e. The largest absolute Gasteiger partial charge is 0.492 e. The van der Waals surface area contributed by atoms with Gasteiger partial charge in [-0.1, -0.05) is 29.8 Å². The second-order valence-corrected chi connectivity index (χ2v) is 8.30. The Morgan fingerprint density at radius 2 is 1.88 bits per heavy atom. The first-order valence-electron chi connectivity index (χ1n) is 10.9. The summed E-state index contributed by atoms with van der Waals surface area (Å²) in [4.78, 5) is 26.8. The predicted molar refractivity (Wildman–Crippen MR) is 127 cm³/mol. The number of hydrogen-bond acceptors (Lipinski definition) is 5. The SMILES string of the molecule is Nc1c(C(=O)NCCOc2cccc(Cl)c2)cnn1Cc1ccc(C(=O)N2CCCC2)cc1. The van der Waals surface area contributed by atoms with Crippen molar-refractivity contribution in [2.24, 2.45) is 0 Å². The molecule has 0 radical (unpaired) electrons. The first-order valence-corrected chi connectivity index (χ1v) is 11.2. The number of nitrogens with two attached hydrogens (primary N) is 1. The van der Waals surface area contributed by atoms with Gasteiger partial charge < -0.3 is 20.7 Å². The summed E-state index contributed by atoms with van der Waals surface area (Å²) in [5.41, 5.74) is 8.07. The first kappa shape index (κ1) is 22.7. The van der Waals surface area contributed by atoms with Gasteiger partial charge in [0.2, 0.25) is 0 Å². The molecule has 1 aliphatic rings. The molecule has 0 unspecified atom stereocenters. The lowest BCUT2D eigenvalue weighted by Crippen LogP contribution is -2.28. The molecular weight excluding hydrogens is 442 g/mol. The van der Waals surface area contributed by atoms with E-state index < -0.39 is 0 Å². The summed E-state index contributed by atoms with van der Waals surface area (Å²) >= 11 is 5.92. The van der Waals surface area contributed by atoms with Crippen LogP contribution in [0.2, 0.25) is 5.02 Å². The molecule has 0 bridgehead atoms. The highest BCUT2D eigenvalue weighted by Gasteiger charge is 2.19. The number of aromatic nitrogens is 2. The van der Waals surface area contributed by atoms with Crippen molar-refractivity contribution < 1.29 is 14.3 Å². The van der Waals surface area contributed by atoms with Crippen molar-refractivity contribution in [1.29, 1.82) is 0 Å². The summed E-state index contributed by atoms with van der Waals surface area (Å²) in [7, 11) is 0. The molecule has 1 saturated heterocycles. The van der Waals surface area contributed by atoms with E-state index in [1.54, 1.807) is 28.9 Å².